The van der Waals surface area contributed by atoms with Crippen LogP contribution in [0, 0.1) is 0 Å². The van der Waals surface area contributed by atoms with Crippen molar-refractivity contribution in [1.29, 1.82) is 0 Å². The van der Waals surface area contributed by atoms with E-state index in [0.717, 1.165) is 16.8 Å². The summed E-state index contributed by atoms with van der Waals surface area (Å²) in [4.78, 5) is 31.8. The van der Waals surface area contributed by atoms with Gasteiger partial charge in [0, 0.05) is 46.8 Å². The van der Waals surface area contributed by atoms with Crippen molar-refractivity contribution >= 4 is 17.5 Å². The molecule has 0 radical (unpaired) electrons. The van der Waals surface area contributed by atoms with Gasteiger partial charge in [-0.15, -0.1) is 0 Å². The van der Waals surface area contributed by atoms with E-state index < -0.39 is 5.92 Å². The highest BCUT2D eigenvalue weighted by Crippen LogP contribution is 2.48. The molecule has 1 aliphatic heterocycles. The molecule has 2 aliphatic rings. The molecule has 2 N–H and O–H groups in total. The number of anilines is 1. The van der Waals surface area contributed by atoms with Gasteiger partial charge in [0.05, 0.1) is 20.1 Å². The number of rotatable bonds is 6. The fourth-order valence-corrected chi connectivity index (χ4v) is 5.29. The zero-order valence-electron chi connectivity index (χ0n) is 21.1. The summed E-state index contributed by atoms with van der Waals surface area (Å²) in [5.41, 5.74) is 4.46. The van der Waals surface area contributed by atoms with Crippen molar-refractivity contribution in [2.45, 2.75) is 31.6 Å². The van der Waals surface area contributed by atoms with Gasteiger partial charge in [0.15, 0.2) is 5.78 Å². The van der Waals surface area contributed by atoms with E-state index in [2.05, 4.69) is 27.8 Å². The van der Waals surface area contributed by atoms with Gasteiger partial charge in [0.1, 0.15) is 17.3 Å². The Balaban J connectivity index is 1.62. The number of aromatic nitrogens is 1. The summed E-state index contributed by atoms with van der Waals surface area (Å²) in [6, 6.07) is 20.9. The van der Waals surface area contributed by atoms with Gasteiger partial charge in [-0.2, -0.15) is 0 Å². The van der Waals surface area contributed by atoms with Crippen LogP contribution in [-0.4, -0.2) is 30.9 Å². The number of carbonyl (C=O) groups is 2. The first-order valence-corrected chi connectivity index (χ1v) is 12.2. The number of hydrogen-bond donors (Lipinski definition) is 2. The van der Waals surface area contributed by atoms with E-state index in [1.807, 2.05) is 43.3 Å². The third kappa shape index (κ3) is 4.72. The quantitative estimate of drug-likeness (QED) is 0.495. The van der Waals surface area contributed by atoms with Crippen LogP contribution in [0.5, 0.6) is 11.5 Å². The summed E-state index contributed by atoms with van der Waals surface area (Å²) in [5, 5.41) is 6.32. The summed E-state index contributed by atoms with van der Waals surface area (Å²) < 4.78 is 11.1. The molecule has 0 saturated carbocycles. The van der Waals surface area contributed by atoms with E-state index in [1.54, 1.807) is 38.6 Å². The smallest absolute Gasteiger partial charge is 0.255 e. The number of ether oxygens (including phenoxy) is 2. The van der Waals surface area contributed by atoms with Gasteiger partial charge in [0.2, 0.25) is 0 Å². The maximum absolute atomic E-state index is 13.8. The topological polar surface area (TPSA) is 89.5 Å². The van der Waals surface area contributed by atoms with Crippen LogP contribution >= 0.6 is 0 Å². The summed E-state index contributed by atoms with van der Waals surface area (Å²) >= 11 is 0. The Labute approximate surface area is 216 Å². The molecule has 5 rings (SSSR count). The predicted octanol–water partition coefficient (Wildman–Crippen LogP) is 5.10. The van der Waals surface area contributed by atoms with Crippen LogP contribution in [0.15, 0.2) is 95.5 Å². The average Bonchev–Trinajstić information content (AvgIpc) is 2.92. The van der Waals surface area contributed by atoms with Gasteiger partial charge >= 0.3 is 0 Å². The Hall–Kier alpha value is -4.39. The van der Waals surface area contributed by atoms with Crippen LogP contribution in [0.3, 0.4) is 0 Å². The van der Waals surface area contributed by atoms with E-state index in [-0.39, 0.29) is 17.6 Å². The molecule has 7 heteroatoms. The number of benzene rings is 2. The zero-order valence-corrected chi connectivity index (χ0v) is 21.1. The van der Waals surface area contributed by atoms with Crippen molar-refractivity contribution in [2.75, 3.05) is 19.5 Å². The van der Waals surface area contributed by atoms with Crippen molar-refractivity contribution in [3.05, 3.63) is 107 Å². The lowest BCUT2D eigenvalue weighted by molar-refractivity contribution is -0.116. The highest BCUT2D eigenvalue weighted by atomic mass is 16.5. The molecule has 1 amide bonds. The lowest BCUT2D eigenvalue weighted by Crippen LogP contribution is -2.37. The number of Topliss-reactive ketones (excluding diaryl/α,β-unsaturated/α-hetero) is 1. The van der Waals surface area contributed by atoms with Crippen LogP contribution in [0.2, 0.25) is 0 Å². The van der Waals surface area contributed by atoms with Crippen molar-refractivity contribution < 1.29 is 19.1 Å². The van der Waals surface area contributed by atoms with E-state index >= 15 is 0 Å². The summed E-state index contributed by atoms with van der Waals surface area (Å²) in [6.07, 6.45) is 2.66. The minimum Gasteiger partial charge on any atom is -0.497 e. The Kier molecular flexibility index (Phi) is 6.77. The Morgan fingerprint density at radius 3 is 2.49 bits per heavy atom. The maximum Gasteiger partial charge on any atom is 0.255 e. The number of dihydropyridines is 1. The number of pyridine rings is 1. The van der Waals surface area contributed by atoms with E-state index in [4.69, 9.17) is 9.47 Å². The summed E-state index contributed by atoms with van der Waals surface area (Å²) in [7, 11) is 3.16. The standard InChI is InChI=1S/C30H29N3O4/c1-18-27(30(35)33-26-11-7-8-14-31-26)28(22-13-12-21(36-2)17-25(22)37-3)29-23(32-18)15-20(16-24(29)34)19-9-5-4-6-10-19/h4-14,17,20,28,32H,15-16H2,1-3H3,(H,31,33,35)/t20-,28+/m1/s1. The molecule has 7 nitrogen and oxygen atoms in total. The molecule has 0 unspecified atom stereocenters. The van der Waals surface area contributed by atoms with Gasteiger partial charge in [-0.05, 0) is 43.0 Å². The van der Waals surface area contributed by atoms with E-state index in [0.29, 0.717) is 47.0 Å². The van der Waals surface area contributed by atoms with Crippen molar-refractivity contribution in [3.63, 3.8) is 0 Å². The van der Waals surface area contributed by atoms with Crippen molar-refractivity contribution in [1.82, 2.24) is 10.3 Å². The monoisotopic (exact) mass is 495 g/mol. The van der Waals surface area contributed by atoms with Crippen LogP contribution in [0.1, 0.15) is 42.7 Å². The van der Waals surface area contributed by atoms with Crippen molar-refractivity contribution in [2.24, 2.45) is 0 Å². The molecule has 1 aliphatic carbocycles. The summed E-state index contributed by atoms with van der Waals surface area (Å²) in [6.45, 7) is 1.87. The number of hydrogen-bond acceptors (Lipinski definition) is 6. The minimum absolute atomic E-state index is 0.0149. The molecule has 0 bridgehead atoms. The molecule has 2 aromatic carbocycles. The molecule has 0 spiro atoms. The second-order valence-electron chi connectivity index (χ2n) is 9.20. The molecule has 0 fully saturated rings. The number of ketones is 1. The molecule has 3 aromatic rings. The zero-order chi connectivity index (χ0) is 25.9. The Morgan fingerprint density at radius 1 is 1.00 bits per heavy atom. The highest BCUT2D eigenvalue weighted by molar-refractivity contribution is 6.09. The number of nitrogens with zero attached hydrogens (tertiary/aromatic N) is 1. The fraction of sp³-hybridized carbons (Fsp3) is 0.233. The molecule has 2 heterocycles. The van der Waals surface area contributed by atoms with Gasteiger partial charge in [0.25, 0.3) is 5.91 Å². The number of methoxy groups -OCH3 is 2. The molecular formula is C30H29N3O4. The third-order valence-corrected chi connectivity index (χ3v) is 7.00. The van der Waals surface area contributed by atoms with Crippen LogP contribution < -0.4 is 20.1 Å². The lowest BCUT2D eigenvalue weighted by Gasteiger charge is -2.37. The fourth-order valence-electron chi connectivity index (χ4n) is 5.29. The number of amides is 1. The van der Waals surface area contributed by atoms with E-state index in [9.17, 15) is 9.59 Å². The highest BCUT2D eigenvalue weighted by Gasteiger charge is 2.42. The molecule has 188 valence electrons. The normalized spacial score (nSPS) is 19.2. The predicted molar refractivity (Wildman–Crippen MR) is 141 cm³/mol. The van der Waals surface area contributed by atoms with E-state index in [1.165, 1.54) is 0 Å². The van der Waals surface area contributed by atoms with Gasteiger partial charge in [-0.1, -0.05) is 42.5 Å². The minimum atomic E-state index is -0.606. The summed E-state index contributed by atoms with van der Waals surface area (Å²) in [5.74, 6) is 0.763. The largest absolute Gasteiger partial charge is 0.497 e. The second-order valence-corrected chi connectivity index (χ2v) is 9.20. The maximum atomic E-state index is 13.8. The molecule has 2 atom stereocenters. The lowest BCUT2D eigenvalue weighted by atomic mass is 9.71. The second kappa shape index (κ2) is 10.3. The number of carbonyl (C=O) groups excluding carboxylic acids is 2. The van der Waals surface area contributed by atoms with Crippen LogP contribution in [-0.2, 0) is 9.59 Å². The third-order valence-electron chi connectivity index (χ3n) is 7.00. The van der Waals surface area contributed by atoms with Crippen LogP contribution in [0.25, 0.3) is 0 Å². The Bertz CT molecular complexity index is 1400. The van der Waals surface area contributed by atoms with Crippen LogP contribution in [0.4, 0.5) is 5.82 Å². The molecule has 37 heavy (non-hydrogen) atoms. The molecule has 0 saturated heterocycles. The molecule has 1 aromatic heterocycles. The van der Waals surface area contributed by atoms with Crippen molar-refractivity contribution in [3.8, 4) is 11.5 Å². The number of nitrogens with one attached hydrogen (secondary N) is 2. The van der Waals surface area contributed by atoms with Gasteiger partial charge < -0.3 is 20.1 Å². The van der Waals surface area contributed by atoms with Gasteiger partial charge in [-0.3, -0.25) is 9.59 Å². The number of allylic oxidation sites excluding steroid dienone is 3. The average molecular weight is 496 g/mol. The first-order chi connectivity index (χ1) is 18.0. The first kappa shape index (κ1) is 24.3. The molecular weight excluding hydrogens is 466 g/mol. The Morgan fingerprint density at radius 2 is 1.78 bits per heavy atom. The first-order valence-electron chi connectivity index (χ1n) is 12.2. The van der Waals surface area contributed by atoms with Gasteiger partial charge in [-0.25, -0.2) is 4.98 Å². The SMILES string of the molecule is COc1ccc([C@H]2C(C(=O)Nc3ccccn3)=C(C)NC3=C2C(=O)C[C@H](c2ccccc2)C3)c(OC)c1.